The van der Waals surface area contributed by atoms with Crippen LogP contribution in [-0.2, 0) is 4.79 Å². The predicted octanol–water partition coefficient (Wildman–Crippen LogP) is 6.04. The van der Waals surface area contributed by atoms with Crippen molar-refractivity contribution < 1.29 is 14.3 Å². The summed E-state index contributed by atoms with van der Waals surface area (Å²) in [6, 6.07) is 13.1. The largest absolute Gasteiger partial charge is 0.493 e. The molecule has 7 heteroatoms. The maximum atomic E-state index is 12.9. The lowest BCUT2D eigenvalue weighted by atomic mass is 10.1. The number of carbonyl (C=O) groups excluding carboxylic acids is 1. The number of amides is 1. The molecule has 0 bridgehead atoms. The number of halogens is 1. The molecular weight excluding hydrogens is 458 g/mol. The standard InChI is InChI=1S/C21H20BrNO3S2/c1-4-13(2)26-17-10-5-14(11-18(17)25-3)12-19-20(24)23(21(27)28-19)16-8-6-15(22)7-9-16/h5-13H,4H2,1-3H3/b19-12+. The van der Waals surface area contributed by atoms with Crippen molar-refractivity contribution in [2.24, 2.45) is 0 Å². The van der Waals surface area contributed by atoms with Crippen molar-refractivity contribution >= 4 is 61.9 Å². The second-order valence-corrected chi connectivity index (χ2v) is 8.83. The number of hydrogen-bond acceptors (Lipinski definition) is 5. The summed E-state index contributed by atoms with van der Waals surface area (Å²) in [5.74, 6) is 1.20. The number of thioether (sulfide) groups is 1. The zero-order valence-corrected chi connectivity index (χ0v) is 19.0. The first-order valence-electron chi connectivity index (χ1n) is 8.81. The molecule has 146 valence electrons. The molecular formula is C21H20BrNO3S2. The van der Waals surface area contributed by atoms with Crippen LogP contribution in [0.2, 0.25) is 0 Å². The molecule has 2 aromatic carbocycles. The molecule has 0 aliphatic carbocycles. The molecule has 2 aromatic rings. The highest BCUT2D eigenvalue weighted by Crippen LogP contribution is 2.37. The van der Waals surface area contributed by atoms with E-state index >= 15 is 0 Å². The molecule has 4 nitrogen and oxygen atoms in total. The summed E-state index contributed by atoms with van der Waals surface area (Å²) in [7, 11) is 1.61. The van der Waals surface area contributed by atoms with Crippen LogP contribution < -0.4 is 14.4 Å². The molecule has 0 N–H and O–H groups in total. The number of anilines is 1. The quantitative estimate of drug-likeness (QED) is 0.374. The topological polar surface area (TPSA) is 38.8 Å². The fraction of sp³-hybridized carbons (Fsp3) is 0.238. The first-order valence-corrected chi connectivity index (χ1v) is 10.8. The number of carbonyl (C=O) groups is 1. The van der Waals surface area contributed by atoms with Gasteiger partial charge in [0.1, 0.15) is 0 Å². The van der Waals surface area contributed by atoms with E-state index in [1.807, 2.05) is 55.5 Å². The minimum absolute atomic E-state index is 0.0990. The van der Waals surface area contributed by atoms with Crippen molar-refractivity contribution in [3.63, 3.8) is 0 Å². The second-order valence-electron chi connectivity index (χ2n) is 6.24. The van der Waals surface area contributed by atoms with Gasteiger partial charge >= 0.3 is 0 Å². The fourth-order valence-electron chi connectivity index (χ4n) is 2.60. The Balaban J connectivity index is 1.86. The average Bonchev–Trinajstić information content (AvgIpc) is 2.96. The lowest BCUT2D eigenvalue weighted by Gasteiger charge is -2.16. The molecule has 28 heavy (non-hydrogen) atoms. The SMILES string of the molecule is CCC(C)Oc1ccc(/C=C2/SC(=S)N(c3ccc(Br)cc3)C2=O)cc1OC. The van der Waals surface area contributed by atoms with Crippen molar-refractivity contribution in [1.29, 1.82) is 0 Å². The van der Waals surface area contributed by atoms with Gasteiger partial charge in [0.25, 0.3) is 5.91 Å². The summed E-state index contributed by atoms with van der Waals surface area (Å²) in [6.07, 6.45) is 2.83. The molecule has 1 aliphatic heterocycles. The van der Waals surface area contributed by atoms with Gasteiger partial charge in [0, 0.05) is 4.47 Å². The molecule has 0 radical (unpaired) electrons. The molecule has 1 unspecified atom stereocenters. The number of rotatable bonds is 6. The molecule has 0 saturated carbocycles. The summed E-state index contributed by atoms with van der Waals surface area (Å²) >= 11 is 10.1. The van der Waals surface area contributed by atoms with Crippen LogP contribution in [0.15, 0.2) is 51.8 Å². The number of methoxy groups -OCH3 is 1. The van der Waals surface area contributed by atoms with Crippen molar-refractivity contribution in [2.45, 2.75) is 26.4 Å². The van der Waals surface area contributed by atoms with Gasteiger partial charge in [0.2, 0.25) is 0 Å². The fourth-order valence-corrected chi connectivity index (χ4v) is 4.17. The third-order valence-corrected chi connectivity index (χ3v) is 6.10. The lowest BCUT2D eigenvalue weighted by molar-refractivity contribution is -0.113. The zero-order chi connectivity index (χ0) is 20.3. The van der Waals surface area contributed by atoms with Crippen molar-refractivity contribution in [3.05, 3.63) is 57.4 Å². The van der Waals surface area contributed by atoms with Crippen LogP contribution in [-0.4, -0.2) is 23.4 Å². The van der Waals surface area contributed by atoms with E-state index in [4.69, 9.17) is 21.7 Å². The molecule has 0 aromatic heterocycles. The van der Waals surface area contributed by atoms with Gasteiger partial charge in [-0.25, -0.2) is 0 Å². The van der Waals surface area contributed by atoms with Crippen LogP contribution in [0.4, 0.5) is 5.69 Å². The summed E-state index contributed by atoms with van der Waals surface area (Å²) in [6.45, 7) is 4.08. The summed E-state index contributed by atoms with van der Waals surface area (Å²) in [5, 5.41) is 0. The van der Waals surface area contributed by atoms with Crippen LogP contribution in [0.1, 0.15) is 25.8 Å². The first-order chi connectivity index (χ1) is 13.4. The molecule has 1 saturated heterocycles. The van der Waals surface area contributed by atoms with E-state index in [1.54, 1.807) is 12.0 Å². The van der Waals surface area contributed by atoms with Gasteiger partial charge in [-0.3, -0.25) is 9.69 Å². The van der Waals surface area contributed by atoms with E-state index < -0.39 is 0 Å². The number of ether oxygens (including phenoxy) is 2. The Bertz CT molecular complexity index is 928. The Morgan fingerprint density at radius 1 is 1.21 bits per heavy atom. The zero-order valence-electron chi connectivity index (χ0n) is 15.8. The van der Waals surface area contributed by atoms with Crippen LogP contribution in [0.25, 0.3) is 6.08 Å². The van der Waals surface area contributed by atoms with Gasteiger partial charge in [-0.1, -0.05) is 52.9 Å². The molecule has 1 aliphatic rings. The highest BCUT2D eigenvalue weighted by molar-refractivity contribution is 9.10. The van der Waals surface area contributed by atoms with Gasteiger partial charge in [-0.2, -0.15) is 0 Å². The molecule has 3 rings (SSSR count). The Morgan fingerprint density at radius 2 is 1.93 bits per heavy atom. The average molecular weight is 478 g/mol. The summed E-state index contributed by atoms with van der Waals surface area (Å²) in [5.41, 5.74) is 1.61. The van der Waals surface area contributed by atoms with Gasteiger partial charge < -0.3 is 9.47 Å². The third-order valence-electron chi connectivity index (χ3n) is 4.27. The minimum Gasteiger partial charge on any atom is -0.493 e. The molecule has 1 fully saturated rings. The Hall–Kier alpha value is -1.83. The predicted molar refractivity (Wildman–Crippen MR) is 123 cm³/mol. The van der Waals surface area contributed by atoms with E-state index in [9.17, 15) is 4.79 Å². The van der Waals surface area contributed by atoms with Crippen LogP contribution in [0.5, 0.6) is 11.5 Å². The van der Waals surface area contributed by atoms with E-state index in [1.165, 1.54) is 11.8 Å². The van der Waals surface area contributed by atoms with E-state index in [0.29, 0.717) is 20.7 Å². The minimum atomic E-state index is -0.128. The number of nitrogens with zero attached hydrogens (tertiary/aromatic N) is 1. The van der Waals surface area contributed by atoms with Crippen molar-refractivity contribution in [3.8, 4) is 11.5 Å². The highest BCUT2D eigenvalue weighted by Gasteiger charge is 2.33. The first kappa shape index (κ1) is 20.9. The Kier molecular flexibility index (Phi) is 6.80. The van der Waals surface area contributed by atoms with Crippen LogP contribution in [0, 0.1) is 0 Å². The van der Waals surface area contributed by atoms with E-state index in [2.05, 4.69) is 22.9 Å². The van der Waals surface area contributed by atoms with Gasteiger partial charge in [-0.15, -0.1) is 0 Å². The normalized spacial score (nSPS) is 16.6. The van der Waals surface area contributed by atoms with Gasteiger partial charge in [-0.05, 0) is 61.4 Å². The van der Waals surface area contributed by atoms with E-state index in [-0.39, 0.29) is 12.0 Å². The van der Waals surface area contributed by atoms with Gasteiger partial charge in [0.05, 0.1) is 23.8 Å². The lowest BCUT2D eigenvalue weighted by Crippen LogP contribution is -2.27. The van der Waals surface area contributed by atoms with Crippen molar-refractivity contribution in [1.82, 2.24) is 0 Å². The number of benzene rings is 2. The number of thiocarbonyl (C=S) groups is 1. The van der Waals surface area contributed by atoms with E-state index in [0.717, 1.165) is 22.1 Å². The smallest absolute Gasteiger partial charge is 0.270 e. The van der Waals surface area contributed by atoms with Crippen LogP contribution >= 0.6 is 39.9 Å². The van der Waals surface area contributed by atoms with Crippen LogP contribution in [0.3, 0.4) is 0 Å². The number of hydrogen-bond donors (Lipinski definition) is 0. The Morgan fingerprint density at radius 3 is 2.57 bits per heavy atom. The summed E-state index contributed by atoms with van der Waals surface area (Å²) < 4.78 is 12.8. The molecule has 0 spiro atoms. The van der Waals surface area contributed by atoms with Gasteiger partial charge in [0.15, 0.2) is 15.8 Å². The molecule has 1 heterocycles. The molecule has 1 atom stereocenters. The third kappa shape index (κ3) is 4.59. The maximum Gasteiger partial charge on any atom is 0.270 e. The van der Waals surface area contributed by atoms with Crippen molar-refractivity contribution in [2.75, 3.05) is 12.0 Å². The highest BCUT2D eigenvalue weighted by atomic mass is 79.9. The Labute approximate surface area is 183 Å². The maximum absolute atomic E-state index is 12.9. The second kappa shape index (κ2) is 9.11. The monoisotopic (exact) mass is 477 g/mol. The summed E-state index contributed by atoms with van der Waals surface area (Å²) in [4.78, 5) is 15.0. The molecule has 1 amide bonds.